The van der Waals surface area contributed by atoms with Crippen molar-refractivity contribution in [3.05, 3.63) is 58.7 Å². The minimum atomic E-state index is -2.27. The first-order valence-corrected chi connectivity index (χ1v) is 15.1. The van der Waals surface area contributed by atoms with Crippen LogP contribution in [-0.2, 0) is 27.2 Å². The van der Waals surface area contributed by atoms with Crippen molar-refractivity contribution in [1.82, 2.24) is 4.90 Å². The Bertz CT molecular complexity index is 1190. The lowest BCUT2D eigenvalue weighted by Gasteiger charge is -2.37. The quantitative estimate of drug-likeness (QED) is 0.588. The number of carbonyl (C=O) groups is 3. The molecular formula is C26H29F2NO5Si. The zero-order chi connectivity index (χ0) is 25.7. The molecule has 1 aliphatic heterocycles. The molecule has 2 aliphatic rings. The Labute approximate surface area is 203 Å². The van der Waals surface area contributed by atoms with E-state index in [-0.39, 0.29) is 41.8 Å². The summed E-state index contributed by atoms with van der Waals surface area (Å²) in [6.07, 6.45) is 0.475. The summed E-state index contributed by atoms with van der Waals surface area (Å²) in [5.41, 5.74) is 1.68. The summed E-state index contributed by atoms with van der Waals surface area (Å²) in [6.45, 7) is 5.78. The number of carbonyl (C=O) groups excluding carboxylic acids is 2. The van der Waals surface area contributed by atoms with Crippen molar-refractivity contribution in [2.75, 3.05) is 13.7 Å². The molecule has 2 aromatic rings. The third kappa shape index (κ3) is 4.87. The van der Waals surface area contributed by atoms with Crippen molar-refractivity contribution in [3.63, 3.8) is 0 Å². The molecule has 1 aliphatic carbocycles. The van der Waals surface area contributed by atoms with Crippen LogP contribution in [0.1, 0.15) is 29.2 Å². The lowest BCUT2D eigenvalue weighted by molar-refractivity contribution is -0.144. The fraction of sp³-hybridized carbons (Fsp3) is 0.423. The predicted octanol–water partition coefficient (Wildman–Crippen LogP) is 3.48. The van der Waals surface area contributed by atoms with Crippen LogP contribution in [0.4, 0.5) is 8.78 Å². The number of halogens is 2. The number of Topliss-reactive ketones (excluding diaryl/α,β-unsaturated/α-hetero) is 1. The molecule has 9 heteroatoms. The number of nitrogens with zero attached hydrogens (tertiary/aromatic N) is 1. The SMILES string of the molecule is COc1ccc2c(c1)CCN(C(=O)C1CC1C(=O)O)C2C(=O)Cc1cc(F)c([Si](C)(C)C)c(F)c1. The molecule has 3 atom stereocenters. The molecule has 0 spiro atoms. The lowest BCUT2D eigenvalue weighted by Crippen LogP contribution is -2.45. The highest BCUT2D eigenvalue weighted by atomic mass is 28.3. The summed E-state index contributed by atoms with van der Waals surface area (Å²) in [7, 11) is -0.732. The van der Waals surface area contributed by atoms with Gasteiger partial charge in [0.05, 0.1) is 27.0 Å². The molecule has 0 aromatic heterocycles. The Morgan fingerprint density at radius 2 is 1.74 bits per heavy atom. The Kier molecular flexibility index (Phi) is 6.57. The van der Waals surface area contributed by atoms with Gasteiger partial charge in [-0.15, -0.1) is 0 Å². The molecule has 2 aromatic carbocycles. The lowest BCUT2D eigenvalue weighted by atomic mass is 9.87. The maximum absolute atomic E-state index is 14.8. The predicted molar refractivity (Wildman–Crippen MR) is 128 cm³/mol. The smallest absolute Gasteiger partial charge is 0.307 e. The molecule has 35 heavy (non-hydrogen) atoms. The summed E-state index contributed by atoms with van der Waals surface area (Å²) < 4.78 is 34.9. The summed E-state index contributed by atoms with van der Waals surface area (Å²) in [6, 6.07) is 6.70. The highest BCUT2D eigenvalue weighted by molar-refractivity contribution is 6.88. The van der Waals surface area contributed by atoms with Crippen LogP contribution in [-0.4, -0.2) is 49.4 Å². The van der Waals surface area contributed by atoms with Crippen molar-refractivity contribution < 1.29 is 33.0 Å². The number of carboxylic acids is 1. The first kappa shape index (κ1) is 25.0. The third-order valence-corrected chi connectivity index (χ3v) is 8.80. The van der Waals surface area contributed by atoms with Gasteiger partial charge in [0, 0.05) is 18.2 Å². The maximum atomic E-state index is 14.8. The van der Waals surface area contributed by atoms with Gasteiger partial charge in [-0.25, -0.2) is 8.78 Å². The topological polar surface area (TPSA) is 83.9 Å². The van der Waals surface area contributed by atoms with Crippen molar-refractivity contribution in [2.24, 2.45) is 11.8 Å². The van der Waals surface area contributed by atoms with E-state index in [9.17, 15) is 28.3 Å². The Morgan fingerprint density at radius 3 is 2.29 bits per heavy atom. The van der Waals surface area contributed by atoms with Crippen LogP contribution in [0.2, 0.25) is 19.6 Å². The minimum Gasteiger partial charge on any atom is -0.497 e. The molecule has 1 N–H and O–H groups in total. The molecule has 0 radical (unpaired) electrons. The molecular weight excluding hydrogens is 472 g/mol. The molecule has 0 bridgehead atoms. The Balaban J connectivity index is 1.67. The van der Waals surface area contributed by atoms with E-state index in [2.05, 4.69) is 0 Å². The van der Waals surface area contributed by atoms with Crippen LogP contribution in [0.3, 0.4) is 0 Å². The average Bonchev–Trinajstić information content (AvgIpc) is 3.57. The largest absolute Gasteiger partial charge is 0.497 e. The van der Waals surface area contributed by atoms with Crippen molar-refractivity contribution >= 4 is 30.9 Å². The van der Waals surface area contributed by atoms with Crippen LogP contribution in [0.25, 0.3) is 0 Å². The van der Waals surface area contributed by atoms with E-state index in [0.717, 1.165) is 5.56 Å². The van der Waals surface area contributed by atoms with Crippen molar-refractivity contribution in [3.8, 4) is 5.75 Å². The van der Waals surface area contributed by atoms with E-state index >= 15 is 0 Å². The first-order chi connectivity index (χ1) is 16.4. The molecule has 186 valence electrons. The second-order valence-corrected chi connectivity index (χ2v) is 15.4. The molecule has 1 fully saturated rings. The molecule has 1 saturated carbocycles. The number of aliphatic carboxylic acids is 1. The van der Waals surface area contributed by atoms with Gasteiger partial charge < -0.3 is 14.7 Å². The highest BCUT2D eigenvalue weighted by Crippen LogP contribution is 2.43. The zero-order valence-corrected chi connectivity index (χ0v) is 21.2. The monoisotopic (exact) mass is 501 g/mol. The number of ether oxygens (including phenoxy) is 1. The number of hydrogen-bond acceptors (Lipinski definition) is 4. The summed E-state index contributed by atoms with van der Waals surface area (Å²) in [5.74, 6) is -3.87. The second kappa shape index (κ2) is 9.18. The van der Waals surface area contributed by atoms with Gasteiger partial charge in [-0.2, -0.15) is 0 Å². The minimum absolute atomic E-state index is 0.0917. The number of methoxy groups -OCH3 is 1. The van der Waals surface area contributed by atoms with E-state index < -0.39 is 43.6 Å². The Hall–Kier alpha value is -3.07. The molecule has 6 nitrogen and oxygen atoms in total. The number of amides is 1. The molecule has 4 rings (SSSR count). The normalized spacial score (nSPS) is 21.3. The second-order valence-electron chi connectivity index (χ2n) is 10.4. The van der Waals surface area contributed by atoms with E-state index in [1.165, 1.54) is 24.1 Å². The molecule has 3 unspecified atom stereocenters. The van der Waals surface area contributed by atoms with Gasteiger partial charge in [0.25, 0.3) is 0 Å². The number of hydrogen-bond donors (Lipinski definition) is 1. The Morgan fingerprint density at radius 1 is 1.09 bits per heavy atom. The summed E-state index contributed by atoms with van der Waals surface area (Å²) >= 11 is 0. The highest BCUT2D eigenvalue weighted by Gasteiger charge is 2.52. The molecule has 0 saturated heterocycles. The summed E-state index contributed by atoms with van der Waals surface area (Å²) in [5, 5.41) is 9.36. The zero-order valence-electron chi connectivity index (χ0n) is 20.2. The third-order valence-electron chi connectivity index (χ3n) is 6.82. The van der Waals surface area contributed by atoms with Gasteiger partial charge in [0.2, 0.25) is 5.91 Å². The molecule has 1 heterocycles. The number of rotatable bonds is 7. The van der Waals surface area contributed by atoms with Gasteiger partial charge >= 0.3 is 5.97 Å². The van der Waals surface area contributed by atoms with E-state index in [1.807, 2.05) is 25.7 Å². The number of fused-ring (bicyclic) bond motifs is 1. The standard InChI is InChI=1S/C26H29F2NO5Si/c1-34-16-5-6-17-15(12-16)7-8-29(25(31)18-13-19(18)26(32)33)23(17)22(30)11-14-9-20(27)24(21(28)10-14)35(2,3)4/h5-6,9-10,12,18-19,23H,7-8,11,13H2,1-4H3,(H,32,33). The van der Waals surface area contributed by atoms with Crippen LogP contribution in [0.15, 0.2) is 30.3 Å². The van der Waals surface area contributed by atoms with Gasteiger partial charge in [-0.1, -0.05) is 25.7 Å². The van der Waals surface area contributed by atoms with Crippen molar-refractivity contribution in [2.45, 2.75) is 44.9 Å². The fourth-order valence-corrected chi connectivity index (χ4v) is 6.59. The van der Waals surface area contributed by atoms with Crippen LogP contribution < -0.4 is 9.92 Å². The molecule has 1 amide bonds. The van der Waals surface area contributed by atoms with Gasteiger partial charge in [-0.3, -0.25) is 14.4 Å². The van der Waals surface area contributed by atoms with E-state index in [0.29, 0.717) is 17.7 Å². The number of carboxylic acid groups (broad SMARTS) is 1. The fourth-order valence-electron chi connectivity index (χ4n) is 5.01. The van der Waals surface area contributed by atoms with Crippen LogP contribution in [0, 0.1) is 23.5 Å². The van der Waals surface area contributed by atoms with E-state index in [4.69, 9.17) is 4.74 Å². The number of benzene rings is 2. The van der Waals surface area contributed by atoms with Gasteiger partial charge in [-0.05, 0) is 53.8 Å². The van der Waals surface area contributed by atoms with Gasteiger partial charge in [0.15, 0.2) is 5.78 Å². The number of ketones is 1. The average molecular weight is 502 g/mol. The van der Waals surface area contributed by atoms with E-state index in [1.54, 1.807) is 12.1 Å². The van der Waals surface area contributed by atoms with Crippen molar-refractivity contribution in [1.29, 1.82) is 0 Å². The van der Waals surface area contributed by atoms with Gasteiger partial charge in [0.1, 0.15) is 23.4 Å². The van der Waals surface area contributed by atoms with Crippen LogP contribution in [0.5, 0.6) is 5.75 Å². The summed E-state index contributed by atoms with van der Waals surface area (Å²) in [4.78, 5) is 39.6. The van der Waals surface area contributed by atoms with Crippen LogP contribution >= 0.6 is 0 Å². The maximum Gasteiger partial charge on any atom is 0.307 e. The first-order valence-electron chi connectivity index (χ1n) is 11.6.